The molecule has 1 atom stereocenters. The Balaban J connectivity index is 2.35. The van der Waals surface area contributed by atoms with Crippen LogP contribution in [0, 0.1) is 0 Å². The van der Waals surface area contributed by atoms with Gasteiger partial charge in [-0.15, -0.1) is 0 Å². The van der Waals surface area contributed by atoms with Crippen LogP contribution in [0.25, 0.3) is 0 Å². The number of hydrogen-bond donors (Lipinski definition) is 2. The van der Waals surface area contributed by atoms with Crippen LogP contribution in [0.2, 0.25) is 0 Å². The lowest BCUT2D eigenvalue weighted by molar-refractivity contribution is -0.143. The number of aliphatic carboxylic acids is 1. The second kappa shape index (κ2) is 6.11. The van der Waals surface area contributed by atoms with E-state index in [4.69, 9.17) is 0 Å². The van der Waals surface area contributed by atoms with E-state index < -0.39 is 11.5 Å². The van der Waals surface area contributed by atoms with Gasteiger partial charge in [0.25, 0.3) is 5.91 Å². The summed E-state index contributed by atoms with van der Waals surface area (Å²) in [6, 6.07) is 3.44. The number of carboxylic acid groups (broad SMARTS) is 1. The van der Waals surface area contributed by atoms with Crippen LogP contribution in [-0.2, 0) is 4.79 Å². The van der Waals surface area contributed by atoms with Gasteiger partial charge in [-0.25, -0.2) is 4.79 Å². The van der Waals surface area contributed by atoms with Crippen LogP contribution in [-0.4, -0.2) is 40.6 Å². The summed E-state index contributed by atoms with van der Waals surface area (Å²) in [6.45, 7) is 4.94. The molecular formula is C15H21N3O3. The van der Waals surface area contributed by atoms with Crippen LogP contribution in [0.5, 0.6) is 0 Å². The van der Waals surface area contributed by atoms with E-state index in [9.17, 15) is 14.7 Å². The van der Waals surface area contributed by atoms with Gasteiger partial charge in [-0.3, -0.25) is 9.78 Å². The Morgan fingerprint density at radius 2 is 2.24 bits per heavy atom. The molecule has 2 N–H and O–H groups in total. The van der Waals surface area contributed by atoms with Gasteiger partial charge < -0.3 is 15.3 Å². The van der Waals surface area contributed by atoms with Gasteiger partial charge in [0.2, 0.25) is 0 Å². The fourth-order valence-corrected chi connectivity index (χ4v) is 2.96. The third-order valence-electron chi connectivity index (χ3n) is 4.10. The molecule has 1 aromatic rings. The molecule has 0 bridgehead atoms. The number of carbonyl (C=O) groups is 2. The lowest BCUT2D eigenvalue weighted by Gasteiger charge is -2.35. The normalized spacial score (nSPS) is 21.3. The van der Waals surface area contributed by atoms with E-state index in [1.54, 1.807) is 18.3 Å². The number of nitrogens with one attached hydrogen (secondary N) is 1. The van der Waals surface area contributed by atoms with Crippen molar-refractivity contribution in [3.8, 4) is 0 Å². The van der Waals surface area contributed by atoms with Crippen molar-refractivity contribution in [1.82, 2.24) is 10.3 Å². The molecule has 1 aromatic heterocycles. The maximum Gasteiger partial charge on any atom is 0.329 e. The smallest absolute Gasteiger partial charge is 0.329 e. The van der Waals surface area contributed by atoms with Crippen LogP contribution in [0.3, 0.4) is 0 Å². The number of carboxylic acids is 1. The molecule has 0 radical (unpaired) electrons. The summed E-state index contributed by atoms with van der Waals surface area (Å²) in [6.07, 6.45) is 3.54. The lowest BCUT2D eigenvalue weighted by atomic mass is 9.92. The van der Waals surface area contributed by atoms with Crippen molar-refractivity contribution >= 4 is 17.6 Å². The summed E-state index contributed by atoms with van der Waals surface area (Å²) >= 11 is 0. The summed E-state index contributed by atoms with van der Waals surface area (Å²) < 4.78 is 0. The molecule has 1 aliphatic rings. The van der Waals surface area contributed by atoms with Crippen molar-refractivity contribution < 1.29 is 14.7 Å². The van der Waals surface area contributed by atoms with Gasteiger partial charge in [-0.2, -0.15) is 0 Å². The molecule has 1 saturated heterocycles. The third kappa shape index (κ3) is 2.70. The molecule has 0 aliphatic carbocycles. The number of hydrogen-bond acceptors (Lipinski definition) is 4. The summed E-state index contributed by atoms with van der Waals surface area (Å²) in [5.74, 6) is -1.05. The van der Waals surface area contributed by atoms with Gasteiger partial charge >= 0.3 is 5.97 Å². The minimum atomic E-state index is -0.875. The molecule has 2 rings (SSSR count). The number of rotatable bonds is 5. The summed E-state index contributed by atoms with van der Waals surface area (Å²) in [5.41, 5.74) is 0.185. The Morgan fingerprint density at radius 1 is 1.48 bits per heavy atom. The molecule has 21 heavy (non-hydrogen) atoms. The van der Waals surface area contributed by atoms with Crippen molar-refractivity contribution in [2.24, 2.45) is 0 Å². The zero-order valence-corrected chi connectivity index (χ0v) is 12.4. The first-order valence-corrected chi connectivity index (χ1v) is 7.30. The average Bonchev–Trinajstić information content (AvgIpc) is 2.93. The Kier molecular flexibility index (Phi) is 4.45. The monoisotopic (exact) mass is 291 g/mol. The predicted octanol–water partition coefficient (Wildman–Crippen LogP) is 1.66. The second-order valence-electron chi connectivity index (χ2n) is 5.20. The highest BCUT2D eigenvalue weighted by atomic mass is 16.4. The predicted molar refractivity (Wildman–Crippen MR) is 79.5 cm³/mol. The molecule has 1 amide bonds. The zero-order chi connectivity index (χ0) is 15.5. The van der Waals surface area contributed by atoms with Crippen LogP contribution in [0.1, 0.15) is 43.6 Å². The molecule has 6 heteroatoms. The van der Waals surface area contributed by atoms with Gasteiger partial charge in [0.1, 0.15) is 11.2 Å². The molecule has 0 aromatic carbocycles. The highest BCUT2D eigenvalue weighted by Crippen LogP contribution is 2.36. The van der Waals surface area contributed by atoms with Crippen LogP contribution in [0.4, 0.5) is 5.69 Å². The molecule has 2 heterocycles. The third-order valence-corrected chi connectivity index (χ3v) is 4.10. The SMILES string of the molecule is CCNC(=O)c1cc(N2CCCC2(CC)C(=O)O)ccn1. The zero-order valence-electron chi connectivity index (χ0n) is 12.4. The maximum absolute atomic E-state index is 11.9. The highest BCUT2D eigenvalue weighted by molar-refractivity contribution is 5.93. The molecule has 1 fully saturated rings. The van der Waals surface area contributed by atoms with Crippen molar-refractivity contribution in [1.29, 1.82) is 0 Å². The molecule has 6 nitrogen and oxygen atoms in total. The molecular weight excluding hydrogens is 270 g/mol. The van der Waals surface area contributed by atoms with Crippen LogP contribution < -0.4 is 10.2 Å². The van der Waals surface area contributed by atoms with Gasteiger partial charge in [0, 0.05) is 25.0 Å². The van der Waals surface area contributed by atoms with Gasteiger partial charge in [0.05, 0.1) is 0 Å². The van der Waals surface area contributed by atoms with E-state index in [1.165, 1.54) is 0 Å². The van der Waals surface area contributed by atoms with Crippen molar-refractivity contribution in [3.05, 3.63) is 24.0 Å². The average molecular weight is 291 g/mol. The van der Waals surface area contributed by atoms with Crippen molar-refractivity contribution in [2.75, 3.05) is 18.0 Å². The van der Waals surface area contributed by atoms with E-state index in [2.05, 4.69) is 10.3 Å². The van der Waals surface area contributed by atoms with Crippen molar-refractivity contribution in [2.45, 2.75) is 38.6 Å². The number of nitrogens with zero attached hydrogens (tertiary/aromatic N) is 2. The number of amides is 1. The Labute approximate surface area is 124 Å². The quantitative estimate of drug-likeness (QED) is 0.862. The maximum atomic E-state index is 11.9. The molecule has 114 valence electrons. The Hall–Kier alpha value is -2.11. The van der Waals surface area contributed by atoms with E-state index >= 15 is 0 Å². The highest BCUT2D eigenvalue weighted by Gasteiger charge is 2.46. The van der Waals surface area contributed by atoms with E-state index in [1.807, 2.05) is 18.7 Å². The largest absolute Gasteiger partial charge is 0.479 e. The van der Waals surface area contributed by atoms with E-state index in [0.717, 1.165) is 12.1 Å². The lowest BCUT2D eigenvalue weighted by Crippen LogP contribution is -2.50. The first-order chi connectivity index (χ1) is 10.0. The van der Waals surface area contributed by atoms with E-state index in [0.29, 0.717) is 31.6 Å². The first-order valence-electron chi connectivity index (χ1n) is 7.30. The number of pyridine rings is 1. The van der Waals surface area contributed by atoms with Crippen molar-refractivity contribution in [3.63, 3.8) is 0 Å². The van der Waals surface area contributed by atoms with Crippen LogP contribution in [0.15, 0.2) is 18.3 Å². The minimum absolute atomic E-state index is 0.240. The van der Waals surface area contributed by atoms with Crippen LogP contribution >= 0.6 is 0 Å². The summed E-state index contributed by atoms with van der Waals surface area (Å²) in [5, 5.41) is 12.3. The van der Waals surface area contributed by atoms with Gasteiger partial charge in [-0.1, -0.05) is 6.92 Å². The summed E-state index contributed by atoms with van der Waals surface area (Å²) in [4.78, 5) is 29.5. The molecule has 0 spiro atoms. The molecule has 1 unspecified atom stereocenters. The standard InChI is InChI=1S/C15H21N3O3/c1-3-15(14(20)21)7-5-9-18(15)11-6-8-17-12(10-11)13(19)16-4-2/h6,8,10H,3-5,7,9H2,1-2H3,(H,16,19)(H,20,21). The Morgan fingerprint density at radius 3 is 2.86 bits per heavy atom. The minimum Gasteiger partial charge on any atom is -0.479 e. The topological polar surface area (TPSA) is 82.5 Å². The molecule has 0 saturated carbocycles. The first kappa shape index (κ1) is 15.3. The Bertz CT molecular complexity index is 547. The number of anilines is 1. The second-order valence-corrected chi connectivity index (χ2v) is 5.20. The number of carbonyl (C=O) groups excluding carboxylic acids is 1. The fourth-order valence-electron chi connectivity index (χ4n) is 2.96. The summed E-state index contributed by atoms with van der Waals surface area (Å²) in [7, 11) is 0. The molecule has 1 aliphatic heterocycles. The van der Waals surface area contributed by atoms with E-state index in [-0.39, 0.29) is 5.91 Å². The number of aromatic nitrogens is 1. The fraction of sp³-hybridized carbons (Fsp3) is 0.533. The van der Waals surface area contributed by atoms with Gasteiger partial charge in [0.15, 0.2) is 0 Å². The van der Waals surface area contributed by atoms with Gasteiger partial charge in [-0.05, 0) is 38.3 Å².